The number of rotatable bonds is 4. The van der Waals surface area contributed by atoms with Crippen LogP contribution < -0.4 is 14.9 Å². The molecular weight excluding hydrogens is 338 g/mol. The van der Waals surface area contributed by atoms with Gasteiger partial charge in [0.1, 0.15) is 6.34 Å². The van der Waals surface area contributed by atoms with E-state index in [1.807, 2.05) is 23.5 Å². The quantitative estimate of drug-likeness (QED) is 0.892. The summed E-state index contributed by atoms with van der Waals surface area (Å²) < 4.78 is 10.7. The third-order valence-electron chi connectivity index (χ3n) is 4.63. The average molecular weight is 360 g/mol. The third kappa shape index (κ3) is 3.37. The van der Waals surface area contributed by atoms with Crippen molar-refractivity contribution in [2.24, 2.45) is 4.99 Å². The summed E-state index contributed by atoms with van der Waals surface area (Å²) in [7, 11) is 3.29. The second-order valence-corrected chi connectivity index (χ2v) is 6.16. The molecule has 0 unspecified atom stereocenters. The highest BCUT2D eigenvalue weighted by Crippen LogP contribution is 2.36. The molecule has 4 rings (SSSR count). The number of hydrazine groups is 1. The van der Waals surface area contributed by atoms with Crippen molar-refractivity contribution in [1.29, 1.82) is 0 Å². The molecule has 2 aliphatic rings. The molecule has 0 aromatic heterocycles. The van der Waals surface area contributed by atoms with Gasteiger partial charge in [-0.15, -0.1) is 12.4 Å². The van der Waals surface area contributed by atoms with Crippen LogP contribution in [0.25, 0.3) is 0 Å². The Morgan fingerprint density at radius 3 is 2.52 bits per heavy atom. The number of hydrogen-bond acceptors (Lipinski definition) is 5. The molecular formula is C19H22ClN3O2. The number of methoxy groups -OCH3 is 2. The summed E-state index contributed by atoms with van der Waals surface area (Å²) in [6, 6.07) is 10.5. The number of aryl methyl sites for hydroxylation is 2. The van der Waals surface area contributed by atoms with Gasteiger partial charge in [0.15, 0.2) is 11.5 Å². The number of ether oxygens (including phenoxy) is 2. The maximum Gasteiger partial charge on any atom is 0.162 e. The Morgan fingerprint density at radius 1 is 0.960 bits per heavy atom. The number of nitrogens with zero attached hydrogens (tertiary/aromatic N) is 2. The highest BCUT2D eigenvalue weighted by atomic mass is 35.5. The van der Waals surface area contributed by atoms with Gasteiger partial charge in [0.2, 0.25) is 0 Å². The van der Waals surface area contributed by atoms with Gasteiger partial charge in [-0.1, -0.05) is 6.07 Å². The first-order chi connectivity index (χ1) is 11.8. The highest BCUT2D eigenvalue weighted by molar-refractivity contribution is 5.85. The molecule has 1 aliphatic carbocycles. The van der Waals surface area contributed by atoms with Crippen molar-refractivity contribution in [3.63, 3.8) is 0 Å². The normalized spacial score (nSPS) is 14.4. The van der Waals surface area contributed by atoms with Gasteiger partial charge in [-0.25, -0.2) is 4.99 Å². The van der Waals surface area contributed by atoms with Gasteiger partial charge in [-0.3, -0.25) is 10.4 Å². The number of aliphatic imine (C=N–C) groups is 1. The minimum absolute atomic E-state index is 0. The molecule has 0 fully saturated rings. The van der Waals surface area contributed by atoms with Crippen molar-refractivity contribution < 1.29 is 9.47 Å². The van der Waals surface area contributed by atoms with Crippen LogP contribution in [0, 0.1) is 0 Å². The SMILES string of the molecule is COc1cc2c(cc1OC)N=CN(Nc1ccc3c(c1)CCC3)C2.Cl. The predicted octanol–water partition coefficient (Wildman–Crippen LogP) is 4.12. The summed E-state index contributed by atoms with van der Waals surface area (Å²) in [6.07, 6.45) is 5.47. The zero-order chi connectivity index (χ0) is 16.5. The van der Waals surface area contributed by atoms with E-state index < -0.39 is 0 Å². The zero-order valence-corrected chi connectivity index (χ0v) is 15.2. The average Bonchev–Trinajstić information content (AvgIpc) is 3.08. The van der Waals surface area contributed by atoms with Crippen LogP contribution in [-0.2, 0) is 19.4 Å². The largest absolute Gasteiger partial charge is 0.493 e. The molecule has 25 heavy (non-hydrogen) atoms. The van der Waals surface area contributed by atoms with Crippen LogP contribution >= 0.6 is 12.4 Å². The first kappa shape index (κ1) is 17.4. The summed E-state index contributed by atoms with van der Waals surface area (Å²) in [5.41, 5.74) is 9.49. The van der Waals surface area contributed by atoms with E-state index in [4.69, 9.17) is 9.47 Å². The van der Waals surface area contributed by atoms with Crippen LogP contribution in [0.4, 0.5) is 11.4 Å². The Morgan fingerprint density at radius 2 is 1.72 bits per heavy atom. The highest BCUT2D eigenvalue weighted by Gasteiger charge is 2.17. The van der Waals surface area contributed by atoms with Gasteiger partial charge in [-0.2, -0.15) is 0 Å². The maximum atomic E-state index is 5.39. The Labute approximate surface area is 154 Å². The fourth-order valence-electron chi connectivity index (χ4n) is 3.39. The van der Waals surface area contributed by atoms with Crippen LogP contribution in [0.3, 0.4) is 0 Å². The number of fused-ring (bicyclic) bond motifs is 2. The second-order valence-electron chi connectivity index (χ2n) is 6.16. The monoisotopic (exact) mass is 359 g/mol. The molecule has 5 nitrogen and oxygen atoms in total. The lowest BCUT2D eigenvalue weighted by Gasteiger charge is -2.26. The van der Waals surface area contributed by atoms with Gasteiger partial charge >= 0.3 is 0 Å². The van der Waals surface area contributed by atoms with Crippen molar-refractivity contribution in [3.8, 4) is 11.5 Å². The summed E-state index contributed by atoms with van der Waals surface area (Å²) in [5.74, 6) is 1.43. The van der Waals surface area contributed by atoms with E-state index in [1.165, 1.54) is 30.4 Å². The standard InChI is InChI=1S/C19H21N3O2.ClH/c1-23-18-9-15-11-22(12-20-17(15)10-19(18)24-2)21-16-7-6-13-4-3-5-14(13)8-16;/h6-10,12,21H,3-5,11H2,1-2H3;1H. The molecule has 0 radical (unpaired) electrons. The molecule has 1 aliphatic heterocycles. The third-order valence-corrected chi connectivity index (χ3v) is 4.63. The van der Waals surface area contributed by atoms with Crippen LogP contribution in [0.2, 0.25) is 0 Å². The molecule has 6 heteroatoms. The lowest BCUT2D eigenvalue weighted by atomic mass is 10.1. The topological polar surface area (TPSA) is 46.1 Å². The Kier molecular flexibility index (Phi) is 5.04. The number of hydrogen-bond donors (Lipinski definition) is 1. The van der Waals surface area contributed by atoms with Gasteiger partial charge in [-0.05, 0) is 48.6 Å². The van der Waals surface area contributed by atoms with Gasteiger partial charge in [0.05, 0.1) is 32.1 Å². The number of halogens is 1. The Hall–Kier alpha value is -2.40. The molecule has 0 saturated heterocycles. The summed E-state index contributed by atoms with van der Waals surface area (Å²) >= 11 is 0. The van der Waals surface area contributed by atoms with E-state index in [0.717, 1.165) is 29.2 Å². The fourth-order valence-corrected chi connectivity index (χ4v) is 3.39. The molecule has 0 atom stereocenters. The second kappa shape index (κ2) is 7.23. The molecule has 2 aromatic rings. The zero-order valence-electron chi connectivity index (χ0n) is 14.4. The molecule has 2 aromatic carbocycles. The first-order valence-electron chi connectivity index (χ1n) is 8.21. The van der Waals surface area contributed by atoms with Crippen molar-refractivity contribution in [3.05, 3.63) is 47.0 Å². The molecule has 0 amide bonds. The molecule has 1 N–H and O–H groups in total. The maximum absolute atomic E-state index is 5.39. The molecule has 0 spiro atoms. The Balaban J connectivity index is 0.00000182. The lowest BCUT2D eigenvalue weighted by Crippen LogP contribution is -2.29. The van der Waals surface area contributed by atoms with E-state index in [0.29, 0.717) is 5.75 Å². The number of anilines is 1. The molecule has 132 valence electrons. The van der Waals surface area contributed by atoms with Gasteiger partial charge < -0.3 is 9.47 Å². The van der Waals surface area contributed by atoms with Crippen molar-refractivity contribution in [2.45, 2.75) is 25.8 Å². The smallest absolute Gasteiger partial charge is 0.162 e. The van der Waals surface area contributed by atoms with Crippen LogP contribution in [0.5, 0.6) is 11.5 Å². The van der Waals surface area contributed by atoms with Crippen molar-refractivity contribution >= 4 is 30.1 Å². The van der Waals surface area contributed by atoms with E-state index in [2.05, 4.69) is 28.6 Å². The van der Waals surface area contributed by atoms with E-state index in [-0.39, 0.29) is 12.4 Å². The minimum atomic E-state index is 0. The van der Waals surface area contributed by atoms with E-state index in [1.54, 1.807) is 14.2 Å². The summed E-state index contributed by atoms with van der Waals surface area (Å²) in [6.45, 7) is 0.719. The lowest BCUT2D eigenvalue weighted by molar-refractivity contribution is 0.354. The predicted molar refractivity (Wildman–Crippen MR) is 103 cm³/mol. The molecule has 0 saturated carbocycles. The fraction of sp³-hybridized carbons (Fsp3) is 0.316. The van der Waals surface area contributed by atoms with Crippen LogP contribution in [0.1, 0.15) is 23.1 Å². The van der Waals surface area contributed by atoms with Crippen molar-refractivity contribution in [2.75, 3.05) is 19.6 Å². The summed E-state index contributed by atoms with van der Waals surface area (Å²) in [5, 5.41) is 1.99. The number of benzene rings is 2. The van der Waals surface area contributed by atoms with Crippen LogP contribution in [0.15, 0.2) is 35.3 Å². The van der Waals surface area contributed by atoms with Crippen LogP contribution in [-0.4, -0.2) is 25.6 Å². The van der Waals surface area contributed by atoms with Crippen molar-refractivity contribution in [1.82, 2.24) is 5.01 Å². The molecule has 1 heterocycles. The summed E-state index contributed by atoms with van der Waals surface area (Å²) in [4.78, 5) is 4.53. The van der Waals surface area contributed by atoms with Gasteiger partial charge in [0, 0.05) is 11.6 Å². The number of nitrogens with one attached hydrogen (secondary N) is 1. The van der Waals surface area contributed by atoms with Gasteiger partial charge in [0.25, 0.3) is 0 Å². The molecule has 0 bridgehead atoms. The minimum Gasteiger partial charge on any atom is -0.493 e. The Bertz CT molecular complexity index is 807. The van der Waals surface area contributed by atoms with E-state index in [9.17, 15) is 0 Å². The first-order valence-corrected chi connectivity index (χ1v) is 8.21. The van der Waals surface area contributed by atoms with E-state index >= 15 is 0 Å².